The highest BCUT2D eigenvalue weighted by molar-refractivity contribution is 7.89. The number of nitrogens with zero attached hydrogens (tertiary/aromatic N) is 4. The van der Waals surface area contributed by atoms with Gasteiger partial charge in [-0.05, 0) is 43.0 Å². The fourth-order valence-corrected chi connectivity index (χ4v) is 7.26. The zero-order valence-corrected chi connectivity index (χ0v) is 26.6. The lowest BCUT2D eigenvalue weighted by Gasteiger charge is -2.38. The van der Waals surface area contributed by atoms with Gasteiger partial charge in [0.05, 0.1) is 4.90 Å². The normalized spacial score (nSPS) is 14.5. The number of carbonyl (C=O) groups is 3. The van der Waals surface area contributed by atoms with Crippen LogP contribution in [0.4, 0.5) is 10.5 Å². The van der Waals surface area contributed by atoms with Crippen molar-refractivity contribution in [1.29, 1.82) is 0 Å². The Morgan fingerprint density at radius 2 is 1.60 bits per heavy atom. The minimum atomic E-state index is -3.87. The SMILES string of the molecule is C=CC(=O)NCCCC[C@@H](C(=O)N1CCN(S(=O)(=O)c2cccc3c(N(C)C)cccc23)CC1)N(Cc1ccccc1)C(=O)O. The van der Waals surface area contributed by atoms with E-state index in [1.807, 2.05) is 55.4 Å². The molecule has 3 aromatic carbocycles. The number of hydrogen-bond acceptors (Lipinski definition) is 6. The van der Waals surface area contributed by atoms with E-state index in [1.54, 1.807) is 35.2 Å². The summed E-state index contributed by atoms with van der Waals surface area (Å²) in [6, 6.07) is 18.9. The lowest BCUT2D eigenvalue weighted by atomic mass is 10.0. The Balaban J connectivity index is 1.50. The minimum Gasteiger partial charge on any atom is -0.465 e. The maximum atomic E-state index is 13.9. The average molecular weight is 636 g/mol. The number of amides is 3. The van der Waals surface area contributed by atoms with E-state index in [-0.39, 0.29) is 55.9 Å². The van der Waals surface area contributed by atoms with Crippen molar-refractivity contribution in [1.82, 2.24) is 19.4 Å². The molecule has 1 heterocycles. The Hall–Kier alpha value is -4.42. The topological polar surface area (TPSA) is 131 Å². The van der Waals surface area contributed by atoms with E-state index in [1.165, 1.54) is 10.4 Å². The van der Waals surface area contributed by atoms with Crippen molar-refractivity contribution in [3.05, 3.63) is 84.9 Å². The summed E-state index contributed by atoms with van der Waals surface area (Å²) in [6.07, 6.45) is 1.27. The van der Waals surface area contributed by atoms with Crippen LogP contribution in [-0.2, 0) is 26.2 Å². The summed E-state index contributed by atoms with van der Waals surface area (Å²) in [6.45, 7) is 4.28. The standard InChI is InChI=1S/C33H41N5O6S/c1-4-31(39)34-19-9-8-16-29(38(33(41)42)24-25-12-6-5-7-13-25)32(40)36-20-22-37(23-21-36)45(43,44)30-18-11-14-26-27(30)15-10-17-28(26)35(2)3/h4-7,10-15,17-18,29H,1,8-9,16,19-24H2,2-3H3,(H,34,39)(H,41,42)/t29-/m0/s1. The molecule has 45 heavy (non-hydrogen) atoms. The number of piperazine rings is 1. The Morgan fingerprint density at radius 3 is 2.24 bits per heavy atom. The van der Waals surface area contributed by atoms with Crippen LogP contribution >= 0.6 is 0 Å². The number of nitrogens with one attached hydrogen (secondary N) is 1. The molecule has 11 nitrogen and oxygen atoms in total. The molecule has 240 valence electrons. The van der Waals surface area contributed by atoms with Gasteiger partial charge in [-0.3, -0.25) is 14.5 Å². The zero-order chi connectivity index (χ0) is 32.6. The summed E-state index contributed by atoms with van der Waals surface area (Å²) in [5.74, 6) is -0.658. The van der Waals surface area contributed by atoms with Gasteiger partial charge >= 0.3 is 6.09 Å². The quantitative estimate of drug-likeness (QED) is 0.216. The van der Waals surface area contributed by atoms with E-state index >= 15 is 0 Å². The van der Waals surface area contributed by atoms with Gasteiger partial charge in [-0.1, -0.05) is 61.2 Å². The van der Waals surface area contributed by atoms with Crippen molar-refractivity contribution >= 4 is 44.4 Å². The molecule has 0 saturated carbocycles. The third kappa shape index (κ3) is 8.00. The number of benzene rings is 3. The van der Waals surface area contributed by atoms with E-state index in [0.29, 0.717) is 24.8 Å². The van der Waals surface area contributed by atoms with Gasteiger partial charge in [0.25, 0.3) is 0 Å². The van der Waals surface area contributed by atoms with Crippen LogP contribution in [0.1, 0.15) is 24.8 Å². The van der Waals surface area contributed by atoms with Crippen LogP contribution in [0.3, 0.4) is 0 Å². The monoisotopic (exact) mass is 635 g/mol. The van der Waals surface area contributed by atoms with Crippen molar-refractivity contribution in [3.8, 4) is 0 Å². The fourth-order valence-electron chi connectivity index (χ4n) is 5.63. The molecule has 0 unspecified atom stereocenters. The smallest absolute Gasteiger partial charge is 0.408 e. The molecule has 1 aliphatic rings. The molecule has 1 fully saturated rings. The van der Waals surface area contributed by atoms with Crippen LogP contribution in [0, 0.1) is 0 Å². The fraction of sp³-hybridized carbons (Fsp3) is 0.364. The highest BCUT2D eigenvalue weighted by Gasteiger charge is 2.36. The Kier molecular flexibility index (Phi) is 11.2. The van der Waals surface area contributed by atoms with Gasteiger partial charge in [0, 0.05) is 69.8 Å². The first kappa shape index (κ1) is 33.5. The summed E-state index contributed by atoms with van der Waals surface area (Å²) in [5.41, 5.74) is 1.66. The molecule has 12 heteroatoms. The lowest BCUT2D eigenvalue weighted by Crippen LogP contribution is -2.56. The molecule has 1 saturated heterocycles. The van der Waals surface area contributed by atoms with Gasteiger partial charge < -0.3 is 20.2 Å². The summed E-state index contributed by atoms with van der Waals surface area (Å²) >= 11 is 0. The molecule has 1 atom stereocenters. The van der Waals surface area contributed by atoms with Crippen molar-refractivity contribution in [2.75, 3.05) is 51.7 Å². The highest BCUT2D eigenvalue weighted by Crippen LogP contribution is 2.32. The highest BCUT2D eigenvalue weighted by atomic mass is 32.2. The zero-order valence-electron chi connectivity index (χ0n) is 25.8. The third-order valence-corrected chi connectivity index (χ3v) is 9.96. The molecule has 0 aromatic heterocycles. The number of hydrogen-bond donors (Lipinski definition) is 2. The summed E-state index contributed by atoms with van der Waals surface area (Å²) in [4.78, 5) is 42.7. The Morgan fingerprint density at radius 1 is 0.933 bits per heavy atom. The van der Waals surface area contributed by atoms with Crippen LogP contribution in [0.5, 0.6) is 0 Å². The molecule has 2 N–H and O–H groups in total. The molecule has 0 radical (unpaired) electrons. The van der Waals surface area contributed by atoms with Crippen LogP contribution in [0.25, 0.3) is 10.8 Å². The first-order chi connectivity index (χ1) is 21.5. The molecule has 0 aliphatic carbocycles. The second-order valence-electron chi connectivity index (χ2n) is 11.2. The van der Waals surface area contributed by atoms with Crippen LogP contribution < -0.4 is 10.2 Å². The van der Waals surface area contributed by atoms with Gasteiger partial charge in [-0.2, -0.15) is 4.31 Å². The summed E-state index contributed by atoms with van der Waals surface area (Å²) in [5, 5.41) is 14.3. The van der Waals surface area contributed by atoms with E-state index in [9.17, 15) is 27.9 Å². The number of fused-ring (bicyclic) bond motifs is 1. The van der Waals surface area contributed by atoms with Gasteiger partial charge in [0.1, 0.15) is 6.04 Å². The Bertz CT molecular complexity index is 1620. The number of anilines is 1. The van der Waals surface area contributed by atoms with Gasteiger partial charge in [0.2, 0.25) is 21.8 Å². The van der Waals surface area contributed by atoms with Crippen molar-refractivity contribution in [2.24, 2.45) is 0 Å². The minimum absolute atomic E-state index is 0.0319. The van der Waals surface area contributed by atoms with E-state index in [0.717, 1.165) is 21.5 Å². The number of sulfonamides is 1. The number of carbonyl (C=O) groups excluding carboxylic acids is 2. The Labute approximate surface area is 264 Å². The molecule has 3 amide bonds. The van der Waals surface area contributed by atoms with Crippen molar-refractivity contribution < 1.29 is 27.9 Å². The van der Waals surface area contributed by atoms with E-state index < -0.39 is 22.2 Å². The van der Waals surface area contributed by atoms with E-state index in [2.05, 4.69) is 11.9 Å². The predicted molar refractivity (Wildman–Crippen MR) is 174 cm³/mol. The van der Waals surface area contributed by atoms with Crippen LogP contribution in [0.2, 0.25) is 0 Å². The second-order valence-corrected chi connectivity index (χ2v) is 13.1. The maximum Gasteiger partial charge on any atom is 0.408 e. The third-order valence-electron chi connectivity index (χ3n) is 8.00. The first-order valence-corrected chi connectivity index (χ1v) is 16.4. The van der Waals surface area contributed by atoms with Gasteiger partial charge in [-0.15, -0.1) is 0 Å². The first-order valence-electron chi connectivity index (χ1n) is 15.0. The molecular weight excluding hydrogens is 594 g/mol. The lowest BCUT2D eigenvalue weighted by molar-refractivity contribution is -0.138. The average Bonchev–Trinajstić information content (AvgIpc) is 3.04. The van der Waals surface area contributed by atoms with Crippen LogP contribution in [0.15, 0.2) is 84.3 Å². The second kappa shape index (κ2) is 15.0. The molecule has 4 rings (SSSR count). The van der Waals surface area contributed by atoms with Crippen molar-refractivity contribution in [2.45, 2.75) is 36.7 Å². The van der Waals surface area contributed by atoms with Crippen molar-refractivity contribution in [3.63, 3.8) is 0 Å². The molecule has 3 aromatic rings. The molecule has 0 spiro atoms. The van der Waals surface area contributed by atoms with Gasteiger partial charge in [-0.25, -0.2) is 13.2 Å². The van der Waals surface area contributed by atoms with Gasteiger partial charge in [0.15, 0.2) is 0 Å². The number of rotatable bonds is 13. The molecule has 0 bridgehead atoms. The largest absolute Gasteiger partial charge is 0.465 e. The van der Waals surface area contributed by atoms with E-state index in [4.69, 9.17) is 0 Å². The maximum absolute atomic E-state index is 13.9. The number of unbranched alkanes of at least 4 members (excludes halogenated alkanes) is 1. The number of carboxylic acid groups (broad SMARTS) is 1. The summed E-state index contributed by atoms with van der Waals surface area (Å²) < 4.78 is 29.1. The van der Waals surface area contributed by atoms with Crippen LogP contribution in [-0.4, -0.2) is 98.4 Å². The predicted octanol–water partition coefficient (Wildman–Crippen LogP) is 3.76. The molecule has 1 aliphatic heterocycles. The summed E-state index contributed by atoms with van der Waals surface area (Å²) in [7, 11) is -0.0534. The molecular formula is C33H41N5O6S.